The van der Waals surface area contributed by atoms with Crippen LogP contribution in [0.15, 0.2) is 71.5 Å². The predicted octanol–water partition coefficient (Wildman–Crippen LogP) is 5.42. The summed E-state index contributed by atoms with van der Waals surface area (Å²) < 4.78 is 14.8. The molecule has 0 aliphatic heterocycles. The van der Waals surface area contributed by atoms with E-state index in [-0.39, 0.29) is 17.3 Å². The second kappa shape index (κ2) is 5.91. The lowest BCUT2D eigenvalue weighted by Gasteiger charge is -2.42. The van der Waals surface area contributed by atoms with Crippen LogP contribution in [0.4, 0.5) is 4.39 Å². The zero-order valence-corrected chi connectivity index (χ0v) is 15.2. The van der Waals surface area contributed by atoms with Gasteiger partial charge in [-0.25, -0.2) is 4.39 Å². The van der Waals surface area contributed by atoms with Crippen LogP contribution in [0.5, 0.6) is 0 Å². The summed E-state index contributed by atoms with van der Waals surface area (Å²) in [5.74, 6) is -0.0813. The third-order valence-electron chi connectivity index (χ3n) is 5.67. The van der Waals surface area contributed by atoms with Crippen molar-refractivity contribution in [1.29, 1.82) is 0 Å². The molecule has 0 spiro atoms. The molecule has 128 valence electrons. The Labute approximate surface area is 145 Å². The number of likely N-dealkylation sites (N-methyl/N-ethyl adjacent to an activating group) is 1. The van der Waals surface area contributed by atoms with Gasteiger partial charge in [-0.1, -0.05) is 55.5 Å². The third-order valence-corrected chi connectivity index (χ3v) is 5.67. The van der Waals surface area contributed by atoms with E-state index in [1.807, 2.05) is 25.3 Å². The summed E-state index contributed by atoms with van der Waals surface area (Å²) in [5, 5.41) is 3.24. The van der Waals surface area contributed by atoms with Gasteiger partial charge in [-0.3, -0.25) is 0 Å². The molecular weight excluding hydrogens is 297 g/mol. The van der Waals surface area contributed by atoms with Crippen LogP contribution in [0, 0.1) is 17.3 Å². The van der Waals surface area contributed by atoms with Gasteiger partial charge in [-0.2, -0.15) is 0 Å². The molecule has 24 heavy (non-hydrogen) atoms. The summed E-state index contributed by atoms with van der Waals surface area (Å²) >= 11 is 0. The van der Waals surface area contributed by atoms with Gasteiger partial charge < -0.3 is 5.32 Å². The Morgan fingerprint density at radius 2 is 2.00 bits per heavy atom. The van der Waals surface area contributed by atoms with Gasteiger partial charge in [-0.15, -0.1) is 0 Å². The third kappa shape index (κ3) is 2.94. The Balaban J connectivity index is 1.99. The van der Waals surface area contributed by atoms with Crippen LogP contribution in [-0.2, 0) is 0 Å². The van der Waals surface area contributed by atoms with Gasteiger partial charge in [0, 0.05) is 30.0 Å². The molecule has 3 unspecified atom stereocenters. The number of fused-ring (bicyclic) bond motifs is 1. The first-order valence-electron chi connectivity index (χ1n) is 8.78. The summed E-state index contributed by atoms with van der Waals surface area (Å²) in [7, 11) is 1.96. The standard InChI is InChI=1S/C22H28FN/c1-15-12-16-13-17(24-5)10-11-22(16,4)14-19(15)18-8-6-7-9-20(18)21(2,3)23/h6-10,13-14,18,20,24H,1,11-12H2,2-5H3. The molecule has 0 amide bonds. The highest BCUT2D eigenvalue weighted by Crippen LogP contribution is 2.50. The van der Waals surface area contributed by atoms with E-state index in [1.54, 1.807) is 13.8 Å². The summed E-state index contributed by atoms with van der Waals surface area (Å²) in [5.41, 5.74) is 3.67. The maximum absolute atomic E-state index is 14.8. The summed E-state index contributed by atoms with van der Waals surface area (Å²) in [6, 6.07) is 0. The molecule has 3 aliphatic carbocycles. The minimum absolute atomic E-state index is 0.0108. The lowest BCUT2D eigenvalue weighted by Crippen LogP contribution is -2.35. The van der Waals surface area contributed by atoms with Crippen molar-refractivity contribution in [2.75, 3.05) is 7.05 Å². The number of hydrogen-bond acceptors (Lipinski definition) is 1. The smallest absolute Gasteiger partial charge is 0.112 e. The van der Waals surface area contributed by atoms with Crippen LogP contribution in [0.2, 0.25) is 0 Å². The zero-order valence-electron chi connectivity index (χ0n) is 15.2. The fourth-order valence-corrected chi connectivity index (χ4v) is 4.11. The fraction of sp³-hybridized carbons (Fsp3) is 0.455. The van der Waals surface area contributed by atoms with E-state index in [0.29, 0.717) is 0 Å². The van der Waals surface area contributed by atoms with Gasteiger partial charge in [-0.05, 0) is 43.9 Å². The van der Waals surface area contributed by atoms with Crippen molar-refractivity contribution in [2.24, 2.45) is 17.3 Å². The van der Waals surface area contributed by atoms with Crippen LogP contribution in [0.3, 0.4) is 0 Å². The van der Waals surface area contributed by atoms with Gasteiger partial charge in [0.2, 0.25) is 0 Å². The van der Waals surface area contributed by atoms with Gasteiger partial charge >= 0.3 is 0 Å². The van der Waals surface area contributed by atoms with Crippen LogP contribution in [-0.4, -0.2) is 12.7 Å². The number of hydrogen-bond donors (Lipinski definition) is 1. The van der Waals surface area contributed by atoms with E-state index in [9.17, 15) is 4.39 Å². The Morgan fingerprint density at radius 3 is 2.67 bits per heavy atom. The Morgan fingerprint density at radius 1 is 1.29 bits per heavy atom. The predicted molar refractivity (Wildman–Crippen MR) is 100 cm³/mol. The zero-order chi connectivity index (χ0) is 17.5. The molecule has 1 N–H and O–H groups in total. The first kappa shape index (κ1) is 17.0. The molecular formula is C22H28FN. The molecule has 1 nitrogen and oxygen atoms in total. The van der Waals surface area contributed by atoms with Crippen molar-refractivity contribution in [3.8, 4) is 0 Å². The molecule has 0 heterocycles. The first-order valence-corrected chi connectivity index (χ1v) is 8.78. The van der Waals surface area contributed by atoms with E-state index < -0.39 is 5.67 Å². The van der Waals surface area contributed by atoms with E-state index in [4.69, 9.17) is 0 Å². The number of allylic oxidation sites excluding steroid dienone is 10. The molecule has 3 rings (SSSR count). The van der Waals surface area contributed by atoms with Gasteiger partial charge in [0.05, 0.1) is 0 Å². The highest BCUT2D eigenvalue weighted by atomic mass is 19.1. The van der Waals surface area contributed by atoms with Crippen LogP contribution in [0.1, 0.15) is 33.6 Å². The normalized spacial score (nSPS) is 32.7. The number of rotatable bonds is 3. The molecule has 0 aromatic carbocycles. The largest absolute Gasteiger partial charge is 0.388 e. The average Bonchev–Trinajstić information content (AvgIpc) is 2.53. The molecule has 0 radical (unpaired) electrons. The first-order chi connectivity index (χ1) is 11.2. The van der Waals surface area contributed by atoms with E-state index >= 15 is 0 Å². The van der Waals surface area contributed by atoms with E-state index in [1.165, 1.54) is 16.8 Å². The number of halogens is 1. The minimum atomic E-state index is -1.25. The summed E-state index contributed by atoms with van der Waals surface area (Å²) in [6.45, 7) is 9.97. The fourth-order valence-electron chi connectivity index (χ4n) is 4.11. The highest BCUT2D eigenvalue weighted by molar-refractivity contribution is 5.50. The van der Waals surface area contributed by atoms with Crippen LogP contribution < -0.4 is 5.32 Å². The second-order valence-electron chi connectivity index (χ2n) is 7.97. The SMILES string of the molecule is C=C1CC2=CC(NC)=CCC2(C)C=C1C1C=CC=CC1C(C)(C)F. The summed E-state index contributed by atoms with van der Waals surface area (Å²) in [6.07, 6.45) is 16.8. The Bertz CT molecular complexity index is 696. The van der Waals surface area contributed by atoms with Crippen molar-refractivity contribution < 1.29 is 4.39 Å². The maximum Gasteiger partial charge on any atom is 0.112 e. The van der Waals surface area contributed by atoms with Crippen molar-refractivity contribution in [3.05, 3.63) is 71.5 Å². The van der Waals surface area contributed by atoms with Crippen molar-refractivity contribution >= 4 is 0 Å². The monoisotopic (exact) mass is 325 g/mol. The molecule has 0 saturated heterocycles. The van der Waals surface area contributed by atoms with Crippen LogP contribution >= 0.6 is 0 Å². The van der Waals surface area contributed by atoms with Crippen molar-refractivity contribution in [3.63, 3.8) is 0 Å². The topological polar surface area (TPSA) is 12.0 Å². The molecule has 0 bridgehead atoms. The molecule has 3 atom stereocenters. The highest BCUT2D eigenvalue weighted by Gasteiger charge is 2.40. The van der Waals surface area contributed by atoms with E-state index in [0.717, 1.165) is 18.4 Å². The molecule has 0 saturated carbocycles. The maximum atomic E-state index is 14.8. The summed E-state index contributed by atoms with van der Waals surface area (Å²) in [4.78, 5) is 0. The number of alkyl halides is 1. The quantitative estimate of drug-likeness (QED) is 0.730. The van der Waals surface area contributed by atoms with Crippen molar-refractivity contribution in [2.45, 2.75) is 39.3 Å². The lowest BCUT2D eigenvalue weighted by atomic mass is 9.63. The molecule has 3 aliphatic rings. The second-order valence-corrected chi connectivity index (χ2v) is 7.97. The Hall–Kier alpha value is -1.83. The van der Waals surface area contributed by atoms with Crippen LogP contribution in [0.25, 0.3) is 0 Å². The minimum Gasteiger partial charge on any atom is -0.388 e. The van der Waals surface area contributed by atoms with Crippen molar-refractivity contribution in [1.82, 2.24) is 5.32 Å². The molecule has 0 aromatic rings. The van der Waals surface area contributed by atoms with Gasteiger partial charge in [0.15, 0.2) is 0 Å². The van der Waals surface area contributed by atoms with Gasteiger partial charge in [0.25, 0.3) is 0 Å². The molecule has 0 fully saturated rings. The number of nitrogens with one attached hydrogen (secondary N) is 1. The van der Waals surface area contributed by atoms with E-state index in [2.05, 4.69) is 43.1 Å². The molecule has 0 aromatic heterocycles. The van der Waals surface area contributed by atoms with Gasteiger partial charge in [0.1, 0.15) is 5.67 Å². The molecule has 2 heteroatoms. The lowest BCUT2D eigenvalue weighted by molar-refractivity contribution is 0.134. The average molecular weight is 325 g/mol. The Kier molecular flexibility index (Phi) is 4.19.